The maximum absolute atomic E-state index is 13.0. The summed E-state index contributed by atoms with van der Waals surface area (Å²) in [6.45, 7) is 1.81. The summed E-state index contributed by atoms with van der Waals surface area (Å²) in [7, 11) is 0. The topological polar surface area (TPSA) is 57.5 Å². The smallest absolute Gasteiger partial charge is 0.378 e. The molecular formula is C9H12F2O3. The van der Waals surface area contributed by atoms with E-state index >= 15 is 0 Å². The van der Waals surface area contributed by atoms with E-state index in [1.165, 1.54) is 6.08 Å². The standard InChI is InChI=1S/C9H12F2O3/c1-6-2-4-8(14,5-3-6)9(10,11)7(12)13/h2,4,6,14H,3,5H2,1H3,(H,12,13). The third kappa shape index (κ3) is 1.64. The van der Waals surface area contributed by atoms with Gasteiger partial charge < -0.3 is 10.2 Å². The molecule has 0 radical (unpaired) electrons. The summed E-state index contributed by atoms with van der Waals surface area (Å²) in [4.78, 5) is 10.3. The van der Waals surface area contributed by atoms with Crippen LogP contribution in [-0.4, -0.2) is 27.7 Å². The number of hydrogen-bond donors (Lipinski definition) is 2. The third-order valence-corrected chi connectivity index (χ3v) is 2.49. The second-order valence-corrected chi connectivity index (χ2v) is 3.68. The van der Waals surface area contributed by atoms with Crippen LogP contribution in [0, 0.1) is 5.92 Å². The van der Waals surface area contributed by atoms with Crippen molar-refractivity contribution >= 4 is 5.97 Å². The largest absolute Gasteiger partial charge is 0.477 e. The first kappa shape index (κ1) is 11.1. The van der Waals surface area contributed by atoms with Crippen molar-refractivity contribution < 1.29 is 23.8 Å². The maximum Gasteiger partial charge on any atom is 0.378 e. The average Bonchev–Trinajstić information content (AvgIpc) is 2.10. The van der Waals surface area contributed by atoms with Gasteiger partial charge in [0.15, 0.2) is 5.60 Å². The monoisotopic (exact) mass is 206 g/mol. The normalized spacial score (nSPS) is 33.0. The molecule has 2 N–H and O–H groups in total. The number of hydrogen-bond acceptors (Lipinski definition) is 2. The Bertz CT molecular complexity index is 275. The number of carbonyl (C=O) groups is 1. The fourth-order valence-electron chi connectivity index (χ4n) is 1.40. The zero-order chi connectivity index (χ0) is 11.0. The second kappa shape index (κ2) is 3.31. The molecule has 0 bridgehead atoms. The van der Waals surface area contributed by atoms with Gasteiger partial charge in [0.05, 0.1) is 0 Å². The molecule has 14 heavy (non-hydrogen) atoms. The molecule has 0 heterocycles. The van der Waals surface area contributed by atoms with Crippen molar-refractivity contribution in [2.75, 3.05) is 0 Å². The summed E-state index contributed by atoms with van der Waals surface area (Å²) >= 11 is 0. The Morgan fingerprint density at radius 3 is 2.57 bits per heavy atom. The van der Waals surface area contributed by atoms with Crippen LogP contribution in [0.5, 0.6) is 0 Å². The minimum Gasteiger partial charge on any atom is -0.477 e. The zero-order valence-corrected chi connectivity index (χ0v) is 7.70. The third-order valence-electron chi connectivity index (χ3n) is 2.49. The summed E-state index contributed by atoms with van der Waals surface area (Å²) in [5.74, 6) is -6.32. The molecule has 0 aromatic rings. The van der Waals surface area contributed by atoms with Crippen LogP contribution >= 0.6 is 0 Å². The SMILES string of the molecule is CC1C=CC(O)(C(F)(F)C(=O)O)CC1. The maximum atomic E-state index is 13.0. The number of aliphatic hydroxyl groups is 1. The van der Waals surface area contributed by atoms with Gasteiger partial charge in [-0.1, -0.05) is 19.1 Å². The van der Waals surface area contributed by atoms with Gasteiger partial charge in [-0.3, -0.25) is 0 Å². The van der Waals surface area contributed by atoms with Crippen molar-refractivity contribution in [3.8, 4) is 0 Å². The average molecular weight is 206 g/mol. The molecule has 1 rings (SSSR count). The van der Waals surface area contributed by atoms with Crippen molar-refractivity contribution in [3.05, 3.63) is 12.2 Å². The Balaban J connectivity index is 2.96. The molecule has 0 aromatic heterocycles. The van der Waals surface area contributed by atoms with E-state index in [0.29, 0.717) is 6.42 Å². The van der Waals surface area contributed by atoms with E-state index < -0.39 is 17.5 Å². The molecule has 0 amide bonds. The van der Waals surface area contributed by atoms with Crippen molar-refractivity contribution in [2.45, 2.75) is 31.3 Å². The number of carboxylic acid groups (broad SMARTS) is 1. The Labute approximate surface area is 80.0 Å². The van der Waals surface area contributed by atoms with Crippen LogP contribution < -0.4 is 0 Å². The van der Waals surface area contributed by atoms with Crippen LogP contribution in [0.3, 0.4) is 0 Å². The molecule has 0 aliphatic heterocycles. The minimum absolute atomic E-state index is 0.0971. The Hall–Kier alpha value is -0.970. The first-order valence-electron chi connectivity index (χ1n) is 4.32. The van der Waals surface area contributed by atoms with Crippen LogP contribution in [-0.2, 0) is 4.79 Å². The van der Waals surface area contributed by atoms with Gasteiger partial charge in [0, 0.05) is 0 Å². The molecule has 3 nitrogen and oxygen atoms in total. The number of aliphatic carboxylic acids is 1. The first-order chi connectivity index (χ1) is 6.29. The Kier molecular flexibility index (Phi) is 2.63. The van der Waals surface area contributed by atoms with E-state index in [1.807, 2.05) is 6.92 Å². The van der Waals surface area contributed by atoms with Gasteiger partial charge in [0.2, 0.25) is 0 Å². The van der Waals surface area contributed by atoms with Gasteiger partial charge in [-0.05, 0) is 18.8 Å². The lowest BCUT2D eigenvalue weighted by Gasteiger charge is -2.33. The highest BCUT2D eigenvalue weighted by Crippen LogP contribution is 2.38. The van der Waals surface area contributed by atoms with Gasteiger partial charge in [-0.25, -0.2) is 4.79 Å². The molecule has 80 valence electrons. The lowest BCUT2D eigenvalue weighted by Crippen LogP contribution is -2.53. The predicted molar refractivity (Wildman–Crippen MR) is 45.1 cm³/mol. The number of allylic oxidation sites excluding steroid dienone is 1. The quantitative estimate of drug-likeness (QED) is 0.672. The molecule has 0 spiro atoms. The number of carboxylic acids is 1. The lowest BCUT2D eigenvalue weighted by molar-refractivity contribution is -0.199. The van der Waals surface area contributed by atoms with Gasteiger partial charge in [0.25, 0.3) is 0 Å². The van der Waals surface area contributed by atoms with E-state index in [4.69, 9.17) is 5.11 Å². The van der Waals surface area contributed by atoms with Crippen molar-refractivity contribution in [1.29, 1.82) is 0 Å². The second-order valence-electron chi connectivity index (χ2n) is 3.68. The van der Waals surface area contributed by atoms with E-state index in [2.05, 4.69) is 0 Å². The Morgan fingerprint density at radius 2 is 2.21 bits per heavy atom. The van der Waals surface area contributed by atoms with Crippen LogP contribution in [0.1, 0.15) is 19.8 Å². The predicted octanol–water partition coefficient (Wildman–Crippen LogP) is 1.42. The minimum atomic E-state index is -4.12. The molecule has 0 fully saturated rings. The lowest BCUT2D eigenvalue weighted by atomic mass is 9.81. The first-order valence-corrected chi connectivity index (χ1v) is 4.32. The van der Waals surface area contributed by atoms with Crippen LogP contribution in [0.25, 0.3) is 0 Å². The van der Waals surface area contributed by atoms with Crippen molar-refractivity contribution in [1.82, 2.24) is 0 Å². The zero-order valence-electron chi connectivity index (χ0n) is 7.70. The van der Waals surface area contributed by atoms with Gasteiger partial charge in [-0.15, -0.1) is 0 Å². The molecular weight excluding hydrogens is 194 g/mol. The Morgan fingerprint density at radius 1 is 1.64 bits per heavy atom. The summed E-state index contributed by atoms with van der Waals surface area (Å²) in [5, 5.41) is 17.8. The molecule has 2 unspecified atom stereocenters. The van der Waals surface area contributed by atoms with E-state index in [0.717, 1.165) is 6.08 Å². The number of halogens is 2. The highest BCUT2D eigenvalue weighted by molar-refractivity contribution is 5.77. The van der Waals surface area contributed by atoms with Gasteiger partial charge >= 0.3 is 11.9 Å². The number of alkyl halides is 2. The molecule has 2 atom stereocenters. The van der Waals surface area contributed by atoms with Crippen LogP contribution in [0.4, 0.5) is 8.78 Å². The molecule has 0 saturated carbocycles. The molecule has 0 aromatic carbocycles. The summed E-state index contributed by atoms with van der Waals surface area (Å²) < 4.78 is 26.1. The fraction of sp³-hybridized carbons (Fsp3) is 0.667. The highest BCUT2D eigenvalue weighted by atomic mass is 19.3. The molecule has 0 saturated heterocycles. The van der Waals surface area contributed by atoms with E-state index in [9.17, 15) is 18.7 Å². The van der Waals surface area contributed by atoms with Crippen LogP contribution in [0.15, 0.2) is 12.2 Å². The summed E-state index contributed by atoms with van der Waals surface area (Å²) in [5.41, 5.74) is -2.54. The molecule has 1 aliphatic rings. The van der Waals surface area contributed by atoms with Crippen LogP contribution in [0.2, 0.25) is 0 Å². The summed E-state index contributed by atoms with van der Waals surface area (Å²) in [6, 6.07) is 0. The number of rotatable bonds is 2. The van der Waals surface area contributed by atoms with Gasteiger partial charge in [-0.2, -0.15) is 8.78 Å². The van der Waals surface area contributed by atoms with Crippen molar-refractivity contribution in [3.63, 3.8) is 0 Å². The highest BCUT2D eigenvalue weighted by Gasteiger charge is 2.57. The van der Waals surface area contributed by atoms with Gasteiger partial charge in [0.1, 0.15) is 0 Å². The van der Waals surface area contributed by atoms with Crippen molar-refractivity contribution in [2.24, 2.45) is 5.92 Å². The molecule has 5 heteroatoms. The molecule has 1 aliphatic carbocycles. The van der Waals surface area contributed by atoms with E-state index in [-0.39, 0.29) is 12.3 Å². The summed E-state index contributed by atoms with van der Waals surface area (Å²) in [6.07, 6.45) is 2.44. The van der Waals surface area contributed by atoms with E-state index in [1.54, 1.807) is 0 Å². The fourth-order valence-corrected chi connectivity index (χ4v) is 1.40.